The van der Waals surface area contributed by atoms with E-state index in [9.17, 15) is 9.90 Å². The molecule has 0 fully saturated rings. The number of hydrogen-bond donors (Lipinski definition) is 1. The molecule has 0 bridgehead atoms. The number of benzene rings is 2. The van der Waals surface area contributed by atoms with Gasteiger partial charge in [-0.2, -0.15) is 0 Å². The van der Waals surface area contributed by atoms with Crippen LogP contribution in [0.15, 0.2) is 48.5 Å². The SMILES string of the molecule is COc1cc(/C=C(/C(=O)O)c2ccccc2)cc(OC)c1. The van der Waals surface area contributed by atoms with Crippen molar-refractivity contribution in [1.82, 2.24) is 0 Å². The minimum Gasteiger partial charge on any atom is -0.497 e. The summed E-state index contributed by atoms with van der Waals surface area (Å²) in [6.45, 7) is 0. The third-order valence-electron chi connectivity index (χ3n) is 3.00. The van der Waals surface area contributed by atoms with E-state index in [1.165, 1.54) is 0 Å². The smallest absolute Gasteiger partial charge is 0.336 e. The second kappa shape index (κ2) is 6.61. The summed E-state index contributed by atoms with van der Waals surface area (Å²) in [5, 5.41) is 9.41. The summed E-state index contributed by atoms with van der Waals surface area (Å²) in [5.41, 5.74) is 1.56. The Bertz CT molecular complexity index is 637. The Labute approximate surface area is 123 Å². The maximum absolute atomic E-state index is 11.5. The minimum absolute atomic E-state index is 0.214. The highest BCUT2D eigenvalue weighted by molar-refractivity contribution is 6.20. The summed E-state index contributed by atoms with van der Waals surface area (Å²) in [6, 6.07) is 14.2. The standard InChI is InChI=1S/C17H16O4/c1-20-14-8-12(9-15(11-14)21-2)10-16(17(18)19)13-6-4-3-5-7-13/h3-11H,1-2H3,(H,18,19)/b16-10+. The molecule has 4 nitrogen and oxygen atoms in total. The molecule has 2 aromatic rings. The van der Waals surface area contributed by atoms with Gasteiger partial charge in [0.25, 0.3) is 0 Å². The van der Waals surface area contributed by atoms with Crippen LogP contribution in [-0.2, 0) is 4.79 Å². The normalized spacial score (nSPS) is 11.0. The zero-order chi connectivity index (χ0) is 15.2. The number of carboxylic acid groups (broad SMARTS) is 1. The van der Waals surface area contributed by atoms with Crippen molar-refractivity contribution in [3.8, 4) is 11.5 Å². The van der Waals surface area contributed by atoms with Crippen LogP contribution < -0.4 is 9.47 Å². The van der Waals surface area contributed by atoms with Crippen LogP contribution in [0.4, 0.5) is 0 Å². The van der Waals surface area contributed by atoms with E-state index in [1.54, 1.807) is 62.8 Å². The Hall–Kier alpha value is -2.75. The lowest BCUT2D eigenvalue weighted by atomic mass is 10.0. The van der Waals surface area contributed by atoms with Gasteiger partial charge in [0, 0.05) is 6.07 Å². The second-order valence-corrected chi connectivity index (χ2v) is 4.38. The molecule has 21 heavy (non-hydrogen) atoms. The molecule has 0 amide bonds. The van der Waals surface area contributed by atoms with Crippen LogP contribution in [0.1, 0.15) is 11.1 Å². The zero-order valence-corrected chi connectivity index (χ0v) is 11.9. The van der Waals surface area contributed by atoms with Gasteiger partial charge in [-0.1, -0.05) is 30.3 Å². The summed E-state index contributed by atoms with van der Waals surface area (Å²) in [7, 11) is 3.11. The molecule has 108 valence electrons. The van der Waals surface area contributed by atoms with Crippen LogP contribution >= 0.6 is 0 Å². The fourth-order valence-electron chi connectivity index (χ4n) is 1.97. The Morgan fingerprint density at radius 1 is 1.00 bits per heavy atom. The molecular weight excluding hydrogens is 268 g/mol. The quantitative estimate of drug-likeness (QED) is 0.676. The van der Waals surface area contributed by atoms with Gasteiger partial charge in [-0.3, -0.25) is 0 Å². The highest BCUT2D eigenvalue weighted by Gasteiger charge is 2.10. The Kier molecular flexibility index (Phi) is 4.61. The van der Waals surface area contributed by atoms with Gasteiger partial charge in [0.2, 0.25) is 0 Å². The number of ether oxygens (including phenoxy) is 2. The largest absolute Gasteiger partial charge is 0.497 e. The first-order chi connectivity index (χ1) is 10.1. The summed E-state index contributed by atoms with van der Waals surface area (Å²) < 4.78 is 10.4. The van der Waals surface area contributed by atoms with Gasteiger partial charge < -0.3 is 14.6 Å². The van der Waals surface area contributed by atoms with Crippen molar-refractivity contribution in [2.75, 3.05) is 14.2 Å². The Morgan fingerprint density at radius 2 is 1.57 bits per heavy atom. The van der Waals surface area contributed by atoms with Gasteiger partial charge in [-0.05, 0) is 29.3 Å². The average Bonchev–Trinajstić information content (AvgIpc) is 2.52. The lowest BCUT2D eigenvalue weighted by Gasteiger charge is -2.07. The topological polar surface area (TPSA) is 55.8 Å². The van der Waals surface area contributed by atoms with E-state index in [4.69, 9.17) is 9.47 Å². The molecule has 0 aliphatic rings. The number of carbonyl (C=O) groups is 1. The number of methoxy groups -OCH3 is 2. The lowest BCUT2D eigenvalue weighted by Crippen LogP contribution is -1.99. The van der Waals surface area contributed by atoms with E-state index in [-0.39, 0.29) is 5.57 Å². The molecule has 4 heteroatoms. The molecule has 2 rings (SSSR count). The molecule has 0 unspecified atom stereocenters. The van der Waals surface area contributed by atoms with E-state index in [0.717, 1.165) is 0 Å². The molecule has 0 spiro atoms. The minimum atomic E-state index is -0.983. The van der Waals surface area contributed by atoms with Crippen LogP contribution in [-0.4, -0.2) is 25.3 Å². The van der Waals surface area contributed by atoms with Crippen molar-refractivity contribution in [2.45, 2.75) is 0 Å². The van der Waals surface area contributed by atoms with Crippen molar-refractivity contribution in [1.29, 1.82) is 0 Å². The molecule has 0 saturated heterocycles. The van der Waals surface area contributed by atoms with Gasteiger partial charge in [0.15, 0.2) is 0 Å². The fourth-order valence-corrected chi connectivity index (χ4v) is 1.97. The zero-order valence-electron chi connectivity index (χ0n) is 11.9. The third kappa shape index (κ3) is 3.63. The van der Waals surface area contributed by atoms with Crippen LogP contribution in [0.25, 0.3) is 11.6 Å². The van der Waals surface area contributed by atoms with Gasteiger partial charge in [0.1, 0.15) is 11.5 Å². The van der Waals surface area contributed by atoms with E-state index in [0.29, 0.717) is 22.6 Å². The fraction of sp³-hybridized carbons (Fsp3) is 0.118. The first-order valence-electron chi connectivity index (χ1n) is 6.37. The lowest BCUT2D eigenvalue weighted by molar-refractivity contribution is -0.130. The monoisotopic (exact) mass is 284 g/mol. The average molecular weight is 284 g/mol. The Morgan fingerprint density at radius 3 is 2.05 bits per heavy atom. The highest BCUT2D eigenvalue weighted by atomic mass is 16.5. The van der Waals surface area contributed by atoms with E-state index >= 15 is 0 Å². The van der Waals surface area contributed by atoms with Crippen molar-refractivity contribution in [3.63, 3.8) is 0 Å². The van der Waals surface area contributed by atoms with Gasteiger partial charge in [-0.25, -0.2) is 4.79 Å². The first kappa shape index (κ1) is 14.7. The highest BCUT2D eigenvalue weighted by Crippen LogP contribution is 2.26. The molecule has 0 atom stereocenters. The van der Waals surface area contributed by atoms with E-state index in [2.05, 4.69) is 0 Å². The molecule has 0 aliphatic carbocycles. The maximum atomic E-state index is 11.5. The summed E-state index contributed by atoms with van der Waals surface area (Å²) in [4.78, 5) is 11.5. The number of rotatable bonds is 5. The number of carboxylic acids is 1. The molecular formula is C17H16O4. The van der Waals surface area contributed by atoms with Crippen molar-refractivity contribution in [3.05, 3.63) is 59.7 Å². The molecule has 0 saturated carbocycles. The van der Waals surface area contributed by atoms with Crippen molar-refractivity contribution >= 4 is 17.6 Å². The van der Waals surface area contributed by atoms with Crippen molar-refractivity contribution < 1.29 is 19.4 Å². The maximum Gasteiger partial charge on any atom is 0.336 e. The van der Waals surface area contributed by atoms with Gasteiger partial charge >= 0.3 is 5.97 Å². The number of aliphatic carboxylic acids is 1. The van der Waals surface area contributed by atoms with Gasteiger partial charge in [0.05, 0.1) is 19.8 Å². The summed E-state index contributed by atoms with van der Waals surface area (Å²) in [5.74, 6) is 0.236. The van der Waals surface area contributed by atoms with Crippen molar-refractivity contribution in [2.24, 2.45) is 0 Å². The molecule has 0 aromatic heterocycles. The predicted molar refractivity (Wildman–Crippen MR) is 81.5 cm³/mol. The van der Waals surface area contributed by atoms with E-state index in [1.807, 2.05) is 6.07 Å². The Balaban J connectivity index is 2.50. The predicted octanol–water partition coefficient (Wildman–Crippen LogP) is 3.33. The molecule has 0 aliphatic heterocycles. The molecule has 2 aromatic carbocycles. The van der Waals surface area contributed by atoms with Crippen LogP contribution in [0.5, 0.6) is 11.5 Å². The van der Waals surface area contributed by atoms with Gasteiger partial charge in [-0.15, -0.1) is 0 Å². The van der Waals surface area contributed by atoms with E-state index < -0.39 is 5.97 Å². The second-order valence-electron chi connectivity index (χ2n) is 4.38. The first-order valence-corrected chi connectivity index (χ1v) is 6.37. The van der Waals surface area contributed by atoms with Crippen LogP contribution in [0.2, 0.25) is 0 Å². The molecule has 0 radical (unpaired) electrons. The summed E-state index contributed by atoms with van der Waals surface area (Å²) in [6.07, 6.45) is 1.60. The molecule has 0 heterocycles. The molecule has 1 N–H and O–H groups in total. The van der Waals surface area contributed by atoms with Crippen LogP contribution in [0, 0.1) is 0 Å². The number of hydrogen-bond acceptors (Lipinski definition) is 3. The summed E-state index contributed by atoms with van der Waals surface area (Å²) >= 11 is 0. The van der Waals surface area contributed by atoms with Crippen LogP contribution in [0.3, 0.4) is 0 Å². The third-order valence-corrected chi connectivity index (χ3v) is 3.00.